The Morgan fingerprint density at radius 2 is 1.81 bits per heavy atom. The lowest BCUT2D eigenvalue weighted by Crippen LogP contribution is -2.49. The van der Waals surface area contributed by atoms with Crippen molar-refractivity contribution in [2.75, 3.05) is 0 Å². The van der Waals surface area contributed by atoms with E-state index >= 15 is 0 Å². The lowest BCUT2D eigenvalue weighted by molar-refractivity contribution is 0.0896. The van der Waals surface area contributed by atoms with Crippen LogP contribution in [-0.4, -0.2) is 11.4 Å². The van der Waals surface area contributed by atoms with E-state index in [0.717, 1.165) is 17.5 Å². The number of amides is 1. The normalized spacial score (nSPS) is 17.9. The van der Waals surface area contributed by atoms with Crippen molar-refractivity contribution in [3.8, 4) is 0 Å². The Balaban J connectivity index is 2.66. The van der Waals surface area contributed by atoms with Gasteiger partial charge in [0.05, 0.1) is 0 Å². The summed E-state index contributed by atoms with van der Waals surface area (Å²) in [6.45, 7) is 10.4. The molecule has 0 aromatic heterocycles. The van der Waals surface area contributed by atoms with Crippen molar-refractivity contribution in [1.29, 1.82) is 0 Å². The standard InChI is InChI=1S/C14H19NO/c1-8-6-11-7-14(4,5)15-13(16)12(11)10(3)9(8)2/h6H,7H2,1-5H3,(H,15,16). The topological polar surface area (TPSA) is 29.1 Å². The largest absolute Gasteiger partial charge is 0.347 e. The summed E-state index contributed by atoms with van der Waals surface area (Å²) in [6.07, 6.45) is 0.913. The minimum atomic E-state index is -0.127. The predicted molar refractivity (Wildman–Crippen MR) is 65.9 cm³/mol. The van der Waals surface area contributed by atoms with Gasteiger partial charge in [0.25, 0.3) is 5.91 Å². The molecule has 0 aliphatic carbocycles. The number of hydrogen-bond acceptors (Lipinski definition) is 1. The zero-order valence-corrected chi connectivity index (χ0v) is 10.7. The fourth-order valence-corrected chi connectivity index (χ4v) is 2.51. The van der Waals surface area contributed by atoms with Gasteiger partial charge in [0.1, 0.15) is 0 Å². The molecular weight excluding hydrogens is 198 g/mol. The zero-order chi connectivity index (χ0) is 12.1. The summed E-state index contributed by atoms with van der Waals surface area (Å²) in [7, 11) is 0. The van der Waals surface area contributed by atoms with Crippen LogP contribution in [0.3, 0.4) is 0 Å². The second kappa shape index (κ2) is 3.34. The van der Waals surface area contributed by atoms with Gasteiger partial charge in [-0.05, 0) is 63.3 Å². The van der Waals surface area contributed by atoms with Gasteiger partial charge in [-0.3, -0.25) is 4.79 Å². The molecule has 2 heteroatoms. The Morgan fingerprint density at radius 3 is 2.44 bits per heavy atom. The second-order valence-electron chi connectivity index (χ2n) is 5.49. The van der Waals surface area contributed by atoms with Crippen molar-refractivity contribution in [2.24, 2.45) is 0 Å². The van der Waals surface area contributed by atoms with Crippen molar-refractivity contribution in [1.82, 2.24) is 5.32 Å². The molecule has 1 aromatic carbocycles. The van der Waals surface area contributed by atoms with Gasteiger partial charge in [-0.2, -0.15) is 0 Å². The van der Waals surface area contributed by atoms with Gasteiger partial charge >= 0.3 is 0 Å². The van der Waals surface area contributed by atoms with Gasteiger partial charge in [0.2, 0.25) is 0 Å². The molecule has 0 saturated carbocycles. The molecule has 1 amide bonds. The maximum absolute atomic E-state index is 12.1. The van der Waals surface area contributed by atoms with E-state index in [4.69, 9.17) is 0 Å². The van der Waals surface area contributed by atoms with Crippen LogP contribution in [0.2, 0.25) is 0 Å². The molecule has 86 valence electrons. The molecule has 2 rings (SSSR count). The average Bonchev–Trinajstić information content (AvgIpc) is 2.11. The fraction of sp³-hybridized carbons (Fsp3) is 0.500. The molecule has 0 atom stereocenters. The van der Waals surface area contributed by atoms with Gasteiger partial charge in [0.15, 0.2) is 0 Å². The number of nitrogens with one attached hydrogen (secondary N) is 1. The van der Waals surface area contributed by atoms with Gasteiger partial charge in [0, 0.05) is 11.1 Å². The monoisotopic (exact) mass is 217 g/mol. The summed E-state index contributed by atoms with van der Waals surface area (Å²) in [5.74, 6) is 0.0758. The second-order valence-corrected chi connectivity index (χ2v) is 5.49. The highest BCUT2D eigenvalue weighted by Crippen LogP contribution is 2.28. The molecule has 1 aliphatic rings. The van der Waals surface area contributed by atoms with E-state index in [1.807, 2.05) is 6.92 Å². The minimum Gasteiger partial charge on any atom is -0.347 e. The minimum absolute atomic E-state index is 0.0758. The first-order chi connectivity index (χ1) is 7.32. The molecular formula is C14H19NO. The maximum atomic E-state index is 12.1. The van der Waals surface area contributed by atoms with Crippen molar-refractivity contribution >= 4 is 5.91 Å². The Labute approximate surface area is 97.1 Å². The van der Waals surface area contributed by atoms with Crippen LogP contribution in [0.4, 0.5) is 0 Å². The fourth-order valence-electron chi connectivity index (χ4n) is 2.51. The molecule has 0 saturated heterocycles. The Morgan fingerprint density at radius 1 is 1.19 bits per heavy atom. The van der Waals surface area contributed by atoms with E-state index in [2.05, 4.69) is 39.1 Å². The Kier molecular flexibility index (Phi) is 2.33. The van der Waals surface area contributed by atoms with Crippen LogP contribution in [0.25, 0.3) is 0 Å². The Bertz CT molecular complexity index is 472. The maximum Gasteiger partial charge on any atom is 0.252 e. The number of fused-ring (bicyclic) bond motifs is 1. The molecule has 1 aromatic rings. The molecule has 0 spiro atoms. The van der Waals surface area contributed by atoms with Crippen molar-refractivity contribution in [3.05, 3.63) is 33.9 Å². The number of aryl methyl sites for hydroxylation is 1. The van der Waals surface area contributed by atoms with E-state index < -0.39 is 0 Å². The molecule has 2 nitrogen and oxygen atoms in total. The summed E-state index contributed by atoms with van der Waals surface area (Å²) in [4.78, 5) is 12.1. The van der Waals surface area contributed by atoms with Crippen LogP contribution in [0, 0.1) is 20.8 Å². The number of rotatable bonds is 0. The number of carbonyl (C=O) groups excluding carboxylic acids is 1. The number of carbonyl (C=O) groups is 1. The van der Waals surface area contributed by atoms with E-state index in [9.17, 15) is 4.79 Å². The first-order valence-corrected chi connectivity index (χ1v) is 5.74. The SMILES string of the molecule is Cc1cc2c(c(C)c1C)C(=O)NC(C)(C)C2. The molecule has 16 heavy (non-hydrogen) atoms. The van der Waals surface area contributed by atoms with Crippen LogP contribution >= 0.6 is 0 Å². The van der Waals surface area contributed by atoms with Crippen LogP contribution in [0.15, 0.2) is 6.07 Å². The van der Waals surface area contributed by atoms with Crippen molar-refractivity contribution in [2.45, 2.75) is 46.6 Å². The van der Waals surface area contributed by atoms with Gasteiger partial charge in [-0.15, -0.1) is 0 Å². The van der Waals surface area contributed by atoms with Crippen LogP contribution < -0.4 is 5.32 Å². The van der Waals surface area contributed by atoms with Crippen LogP contribution in [0.5, 0.6) is 0 Å². The van der Waals surface area contributed by atoms with Gasteiger partial charge in [-0.25, -0.2) is 0 Å². The number of benzene rings is 1. The smallest absolute Gasteiger partial charge is 0.252 e. The quantitative estimate of drug-likeness (QED) is 0.711. The van der Waals surface area contributed by atoms with Crippen LogP contribution in [-0.2, 0) is 6.42 Å². The third kappa shape index (κ3) is 1.62. The summed E-state index contributed by atoms with van der Waals surface area (Å²) in [6, 6.07) is 2.16. The Hall–Kier alpha value is -1.31. The lowest BCUT2D eigenvalue weighted by atomic mass is 9.83. The molecule has 0 radical (unpaired) electrons. The third-order valence-electron chi connectivity index (χ3n) is 3.55. The van der Waals surface area contributed by atoms with E-state index in [-0.39, 0.29) is 11.4 Å². The highest BCUT2D eigenvalue weighted by Gasteiger charge is 2.31. The summed E-state index contributed by atoms with van der Waals surface area (Å²) in [5, 5.41) is 3.06. The molecule has 0 unspecified atom stereocenters. The third-order valence-corrected chi connectivity index (χ3v) is 3.55. The lowest BCUT2D eigenvalue weighted by Gasteiger charge is -2.33. The number of hydrogen-bond donors (Lipinski definition) is 1. The molecule has 0 bridgehead atoms. The average molecular weight is 217 g/mol. The first kappa shape index (κ1) is 11.2. The van der Waals surface area contributed by atoms with E-state index in [1.165, 1.54) is 16.7 Å². The zero-order valence-electron chi connectivity index (χ0n) is 10.7. The van der Waals surface area contributed by atoms with E-state index in [0.29, 0.717) is 0 Å². The molecule has 1 heterocycles. The highest BCUT2D eigenvalue weighted by atomic mass is 16.1. The van der Waals surface area contributed by atoms with E-state index in [1.54, 1.807) is 0 Å². The van der Waals surface area contributed by atoms with Crippen molar-refractivity contribution in [3.63, 3.8) is 0 Å². The van der Waals surface area contributed by atoms with Crippen molar-refractivity contribution < 1.29 is 4.79 Å². The summed E-state index contributed by atoms with van der Waals surface area (Å²) >= 11 is 0. The predicted octanol–water partition coefficient (Wildman–Crippen LogP) is 2.68. The molecule has 1 aliphatic heterocycles. The van der Waals surface area contributed by atoms with Crippen LogP contribution in [0.1, 0.15) is 46.5 Å². The molecule has 0 fully saturated rings. The highest BCUT2D eigenvalue weighted by molar-refractivity contribution is 5.99. The van der Waals surface area contributed by atoms with Gasteiger partial charge < -0.3 is 5.32 Å². The molecule has 1 N–H and O–H groups in total. The first-order valence-electron chi connectivity index (χ1n) is 5.74. The summed E-state index contributed by atoms with van der Waals surface area (Å²) in [5.41, 5.74) is 5.59. The summed E-state index contributed by atoms with van der Waals surface area (Å²) < 4.78 is 0. The van der Waals surface area contributed by atoms with Gasteiger partial charge in [-0.1, -0.05) is 6.07 Å².